The van der Waals surface area contributed by atoms with E-state index in [1.807, 2.05) is 36.4 Å². The molecule has 1 saturated heterocycles. The summed E-state index contributed by atoms with van der Waals surface area (Å²) in [6, 6.07) is 26.1. The molecular formula is C31H27ClN4O5S. The van der Waals surface area contributed by atoms with E-state index in [4.69, 9.17) is 25.7 Å². The number of carbonyl (C=O) groups is 3. The summed E-state index contributed by atoms with van der Waals surface area (Å²) in [5.74, 6) is 0.0835. The highest BCUT2D eigenvalue weighted by Crippen LogP contribution is 2.41. The van der Waals surface area contributed by atoms with Crippen molar-refractivity contribution in [2.75, 3.05) is 5.32 Å². The fraction of sp³-hybridized carbons (Fsp3) is 0.161. The smallest absolute Gasteiger partial charge is 0.408 e. The largest absolute Gasteiger partial charge is 0.467 e. The molecule has 1 aliphatic rings. The summed E-state index contributed by atoms with van der Waals surface area (Å²) in [7, 11) is 0. The van der Waals surface area contributed by atoms with Crippen LogP contribution in [0.1, 0.15) is 29.1 Å². The van der Waals surface area contributed by atoms with Crippen LogP contribution in [0, 0.1) is 0 Å². The van der Waals surface area contributed by atoms with E-state index in [0.29, 0.717) is 27.3 Å². The Kier molecular flexibility index (Phi) is 9.25. The zero-order chi connectivity index (χ0) is 29.5. The van der Waals surface area contributed by atoms with Crippen molar-refractivity contribution >= 4 is 57.8 Å². The number of furan rings is 1. The summed E-state index contributed by atoms with van der Waals surface area (Å²) in [5.41, 5.74) is 2.74. The van der Waals surface area contributed by atoms with Gasteiger partial charge in [-0.25, -0.2) is 9.79 Å². The third kappa shape index (κ3) is 7.39. The second kappa shape index (κ2) is 13.4. The van der Waals surface area contributed by atoms with Gasteiger partial charge in [-0.3, -0.25) is 14.5 Å². The lowest BCUT2D eigenvalue weighted by molar-refractivity contribution is -0.126. The molecule has 2 heterocycles. The standard InChI is InChI=1S/C31H27ClN4O5S/c1-20(33-31(39)41-19-21-7-3-2-4-8-21)28(37)34-24-14-12-22(13-15-24)27-29(38)36(18-26-11-6-16-40-26)30(42-27)35-25-10-5-9-23(32)17-25/h2-17,20,27H,18-19H2,1H3,(H,33,39)(H,34,37)/t20-,27?/m1/s1. The number of anilines is 1. The maximum Gasteiger partial charge on any atom is 0.408 e. The predicted molar refractivity (Wildman–Crippen MR) is 162 cm³/mol. The molecule has 9 nitrogen and oxygen atoms in total. The highest BCUT2D eigenvalue weighted by atomic mass is 35.5. The summed E-state index contributed by atoms with van der Waals surface area (Å²) < 4.78 is 10.7. The van der Waals surface area contributed by atoms with E-state index >= 15 is 0 Å². The maximum absolute atomic E-state index is 13.5. The first-order valence-corrected chi connectivity index (χ1v) is 14.3. The van der Waals surface area contributed by atoms with Crippen molar-refractivity contribution in [2.45, 2.75) is 31.4 Å². The van der Waals surface area contributed by atoms with Crippen LogP contribution in [-0.2, 0) is 27.5 Å². The number of amides is 3. The van der Waals surface area contributed by atoms with Gasteiger partial charge in [0.2, 0.25) is 11.8 Å². The average Bonchev–Trinajstić information content (AvgIpc) is 3.61. The molecule has 1 aromatic heterocycles. The quantitative estimate of drug-likeness (QED) is 0.221. The van der Waals surface area contributed by atoms with Crippen molar-refractivity contribution in [3.8, 4) is 0 Å². The Balaban J connectivity index is 1.22. The molecule has 214 valence electrons. The van der Waals surface area contributed by atoms with Gasteiger partial charge in [0.1, 0.15) is 23.7 Å². The summed E-state index contributed by atoms with van der Waals surface area (Å²) >= 11 is 7.47. The number of benzene rings is 3. The molecule has 3 aromatic carbocycles. The second-order valence-electron chi connectivity index (χ2n) is 9.41. The maximum atomic E-state index is 13.5. The van der Waals surface area contributed by atoms with Crippen molar-refractivity contribution in [1.82, 2.24) is 10.2 Å². The first kappa shape index (κ1) is 29.0. The van der Waals surface area contributed by atoms with Crippen LogP contribution in [0.25, 0.3) is 0 Å². The van der Waals surface area contributed by atoms with Gasteiger partial charge in [0.05, 0.1) is 18.5 Å². The van der Waals surface area contributed by atoms with Gasteiger partial charge in [0, 0.05) is 10.7 Å². The highest BCUT2D eigenvalue weighted by molar-refractivity contribution is 8.15. The Morgan fingerprint density at radius 3 is 2.55 bits per heavy atom. The van der Waals surface area contributed by atoms with Crippen molar-refractivity contribution in [3.05, 3.63) is 119 Å². The molecule has 4 aromatic rings. The van der Waals surface area contributed by atoms with Crippen LogP contribution in [0.5, 0.6) is 0 Å². The first-order valence-electron chi connectivity index (χ1n) is 13.1. The number of thioether (sulfide) groups is 1. The zero-order valence-corrected chi connectivity index (χ0v) is 24.1. The number of halogens is 1. The first-order chi connectivity index (χ1) is 20.4. The van der Waals surface area contributed by atoms with E-state index < -0.39 is 23.3 Å². The van der Waals surface area contributed by atoms with Gasteiger partial charge in [0.15, 0.2) is 5.17 Å². The number of alkyl carbamates (subject to hydrolysis) is 1. The molecule has 0 aliphatic carbocycles. The Labute approximate surface area is 251 Å². The Hall–Kier alpha value is -4.54. The third-order valence-corrected chi connectivity index (χ3v) is 7.76. The normalized spacial score (nSPS) is 16.3. The molecule has 1 fully saturated rings. The van der Waals surface area contributed by atoms with Gasteiger partial charge in [-0.1, -0.05) is 71.9 Å². The third-order valence-electron chi connectivity index (χ3n) is 6.29. The Bertz CT molecular complexity index is 1580. The molecule has 3 amide bonds. The van der Waals surface area contributed by atoms with Crippen molar-refractivity contribution in [3.63, 3.8) is 0 Å². The lowest BCUT2D eigenvalue weighted by Crippen LogP contribution is -2.41. The fourth-order valence-corrected chi connectivity index (χ4v) is 5.47. The van der Waals surface area contributed by atoms with Crippen LogP contribution >= 0.6 is 23.4 Å². The summed E-state index contributed by atoms with van der Waals surface area (Å²) in [6.45, 7) is 1.90. The second-order valence-corrected chi connectivity index (χ2v) is 10.9. The predicted octanol–water partition coefficient (Wildman–Crippen LogP) is 6.69. The molecule has 2 atom stereocenters. The molecule has 1 unspecified atom stereocenters. The number of hydrogen-bond acceptors (Lipinski definition) is 7. The number of rotatable bonds is 9. The van der Waals surface area contributed by atoms with E-state index in [-0.39, 0.29) is 19.1 Å². The molecule has 42 heavy (non-hydrogen) atoms. The topological polar surface area (TPSA) is 113 Å². The molecule has 0 bridgehead atoms. The van der Waals surface area contributed by atoms with E-state index in [9.17, 15) is 14.4 Å². The van der Waals surface area contributed by atoms with Crippen LogP contribution in [0.4, 0.5) is 16.2 Å². The Morgan fingerprint density at radius 1 is 1.05 bits per heavy atom. The molecule has 11 heteroatoms. The molecule has 2 N–H and O–H groups in total. The molecule has 0 saturated carbocycles. The number of nitrogens with zero attached hydrogens (tertiary/aromatic N) is 2. The van der Waals surface area contributed by atoms with E-state index in [1.54, 1.807) is 72.7 Å². The molecule has 1 aliphatic heterocycles. The minimum atomic E-state index is -0.833. The monoisotopic (exact) mass is 602 g/mol. The van der Waals surface area contributed by atoms with Crippen molar-refractivity contribution in [1.29, 1.82) is 0 Å². The van der Waals surface area contributed by atoms with Crippen molar-refractivity contribution in [2.24, 2.45) is 4.99 Å². The molecule has 5 rings (SSSR count). The van der Waals surface area contributed by atoms with Gasteiger partial charge in [-0.05, 0) is 60.5 Å². The van der Waals surface area contributed by atoms with Gasteiger partial charge < -0.3 is 19.8 Å². The van der Waals surface area contributed by atoms with Gasteiger partial charge in [-0.2, -0.15) is 0 Å². The highest BCUT2D eigenvalue weighted by Gasteiger charge is 2.39. The number of amidine groups is 1. The van der Waals surface area contributed by atoms with Crippen LogP contribution < -0.4 is 10.6 Å². The van der Waals surface area contributed by atoms with Crippen LogP contribution in [0.15, 0.2) is 107 Å². The minimum Gasteiger partial charge on any atom is -0.467 e. The summed E-state index contributed by atoms with van der Waals surface area (Å²) in [6.07, 6.45) is 0.869. The summed E-state index contributed by atoms with van der Waals surface area (Å²) in [5, 5.41) is 5.84. The summed E-state index contributed by atoms with van der Waals surface area (Å²) in [4.78, 5) is 44.6. The molecule has 0 radical (unpaired) electrons. The molecule has 0 spiro atoms. The number of hydrogen-bond donors (Lipinski definition) is 2. The Morgan fingerprint density at radius 2 is 1.83 bits per heavy atom. The van der Waals surface area contributed by atoms with Crippen molar-refractivity contribution < 1.29 is 23.5 Å². The SMILES string of the molecule is C[C@@H](NC(=O)OCc1ccccc1)C(=O)Nc1ccc(C2SC(=Nc3cccc(Cl)c3)N(Cc3ccco3)C2=O)cc1. The minimum absolute atomic E-state index is 0.102. The lowest BCUT2D eigenvalue weighted by Gasteiger charge is -2.16. The number of carbonyl (C=O) groups excluding carboxylic acids is 3. The van der Waals surface area contributed by atoms with E-state index in [2.05, 4.69) is 10.6 Å². The molecular weight excluding hydrogens is 576 g/mol. The van der Waals surface area contributed by atoms with E-state index in [1.165, 1.54) is 11.8 Å². The number of ether oxygens (including phenoxy) is 1. The van der Waals surface area contributed by atoms with Crippen LogP contribution in [-0.4, -0.2) is 34.0 Å². The van der Waals surface area contributed by atoms with Crippen LogP contribution in [0.2, 0.25) is 5.02 Å². The number of nitrogens with one attached hydrogen (secondary N) is 2. The zero-order valence-electron chi connectivity index (χ0n) is 22.5. The van der Waals surface area contributed by atoms with E-state index in [0.717, 1.165) is 11.1 Å². The van der Waals surface area contributed by atoms with Gasteiger partial charge in [0.25, 0.3) is 0 Å². The average molecular weight is 603 g/mol. The number of aliphatic imine (C=N–C) groups is 1. The lowest BCUT2D eigenvalue weighted by atomic mass is 10.1. The van der Waals surface area contributed by atoms with Gasteiger partial charge >= 0.3 is 6.09 Å². The van der Waals surface area contributed by atoms with Crippen LogP contribution in [0.3, 0.4) is 0 Å². The fourth-order valence-electron chi connectivity index (χ4n) is 4.11. The van der Waals surface area contributed by atoms with Gasteiger partial charge in [-0.15, -0.1) is 0 Å².